The van der Waals surface area contributed by atoms with E-state index in [1.807, 2.05) is 0 Å². The number of aliphatic carboxylic acids is 1. The lowest BCUT2D eigenvalue weighted by Crippen LogP contribution is -2.07. The van der Waals surface area contributed by atoms with E-state index in [9.17, 15) is 13.6 Å². The molecule has 6 heteroatoms. The lowest BCUT2D eigenvalue weighted by molar-refractivity contribution is -0.137. The lowest BCUT2D eigenvalue weighted by Gasteiger charge is -2.05. The fourth-order valence-electron chi connectivity index (χ4n) is 1.85. The molecule has 0 aliphatic heterocycles. The first-order valence-electron chi connectivity index (χ1n) is 5.68. The van der Waals surface area contributed by atoms with Crippen molar-refractivity contribution in [3.8, 4) is 11.1 Å². The van der Waals surface area contributed by atoms with Crippen LogP contribution in [0.25, 0.3) is 11.1 Å². The third kappa shape index (κ3) is 2.78. The molecule has 4 nitrogen and oxygen atoms in total. The highest BCUT2D eigenvalue weighted by Crippen LogP contribution is 2.26. The van der Waals surface area contributed by atoms with Crippen LogP contribution in [-0.4, -0.2) is 20.9 Å². The summed E-state index contributed by atoms with van der Waals surface area (Å²) in [5, 5.41) is 12.6. The Bertz CT molecular complexity index is 623. The number of rotatable bonds is 4. The van der Waals surface area contributed by atoms with Crippen molar-refractivity contribution < 1.29 is 18.7 Å². The minimum absolute atomic E-state index is 0.0616. The van der Waals surface area contributed by atoms with Gasteiger partial charge in [-0.25, -0.2) is 8.78 Å². The predicted octanol–water partition coefficient (Wildman–Crippen LogP) is 2.61. The van der Waals surface area contributed by atoms with E-state index in [-0.39, 0.29) is 18.5 Å². The van der Waals surface area contributed by atoms with Crippen LogP contribution >= 0.6 is 0 Å². The van der Waals surface area contributed by atoms with E-state index in [0.717, 1.165) is 6.07 Å². The fourth-order valence-corrected chi connectivity index (χ4v) is 1.85. The Kier molecular flexibility index (Phi) is 3.59. The van der Waals surface area contributed by atoms with E-state index in [1.165, 1.54) is 23.0 Å². The normalized spacial score (nSPS) is 10.7. The largest absolute Gasteiger partial charge is 0.481 e. The summed E-state index contributed by atoms with van der Waals surface area (Å²) >= 11 is 0. The van der Waals surface area contributed by atoms with Gasteiger partial charge in [0.2, 0.25) is 0 Å². The molecule has 0 fully saturated rings. The number of aryl methyl sites for hydroxylation is 1. The number of hydrogen-bond acceptors (Lipinski definition) is 2. The summed E-state index contributed by atoms with van der Waals surface area (Å²) in [6, 6.07) is 3.33. The van der Waals surface area contributed by atoms with Crippen molar-refractivity contribution >= 4 is 5.97 Å². The maximum atomic E-state index is 13.7. The van der Waals surface area contributed by atoms with Crippen LogP contribution in [0.15, 0.2) is 24.4 Å². The van der Waals surface area contributed by atoms with Gasteiger partial charge in [0.15, 0.2) is 0 Å². The van der Waals surface area contributed by atoms with Gasteiger partial charge in [0.05, 0.1) is 19.2 Å². The molecular weight excluding hydrogens is 254 g/mol. The van der Waals surface area contributed by atoms with Crippen molar-refractivity contribution in [2.45, 2.75) is 19.9 Å². The third-order valence-electron chi connectivity index (χ3n) is 2.86. The molecule has 0 spiro atoms. The van der Waals surface area contributed by atoms with E-state index in [1.54, 1.807) is 6.92 Å². The molecule has 0 aliphatic carbocycles. The minimum Gasteiger partial charge on any atom is -0.481 e. The quantitative estimate of drug-likeness (QED) is 0.925. The molecule has 2 aromatic rings. The summed E-state index contributed by atoms with van der Waals surface area (Å²) in [6.45, 7) is 1.93. The van der Waals surface area contributed by atoms with E-state index >= 15 is 0 Å². The molecule has 0 amide bonds. The molecular formula is C13H12F2N2O2. The topological polar surface area (TPSA) is 55.1 Å². The average molecular weight is 266 g/mol. The molecule has 0 bridgehead atoms. The highest BCUT2D eigenvalue weighted by Gasteiger charge is 2.13. The summed E-state index contributed by atoms with van der Waals surface area (Å²) in [4.78, 5) is 10.5. The Balaban J connectivity index is 2.33. The van der Waals surface area contributed by atoms with E-state index < -0.39 is 17.6 Å². The second kappa shape index (κ2) is 5.17. The van der Waals surface area contributed by atoms with Gasteiger partial charge in [0.25, 0.3) is 0 Å². The second-order valence-corrected chi connectivity index (χ2v) is 4.13. The summed E-state index contributed by atoms with van der Waals surface area (Å²) in [6.07, 6.45) is 1.39. The Labute approximate surface area is 108 Å². The van der Waals surface area contributed by atoms with Crippen molar-refractivity contribution in [3.63, 3.8) is 0 Å². The number of carboxylic acids is 1. The van der Waals surface area contributed by atoms with Gasteiger partial charge in [0.1, 0.15) is 11.6 Å². The van der Waals surface area contributed by atoms with Crippen molar-refractivity contribution in [1.29, 1.82) is 0 Å². The molecule has 1 heterocycles. The van der Waals surface area contributed by atoms with Crippen molar-refractivity contribution in [2.24, 2.45) is 0 Å². The van der Waals surface area contributed by atoms with Gasteiger partial charge < -0.3 is 5.11 Å². The zero-order valence-corrected chi connectivity index (χ0v) is 10.2. The van der Waals surface area contributed by atoms with Gasteiger partial charge in [-0.2, -0.15) is 5.10 Å². The Morgan fingerprint density at radius 1 is 1.37 bits per heavy atom. The maximum Gasteiger partial charge on any atom is 0.305 e. The van der Waals surface area contributed by atoms with Crippen LogP contribution < -0.4 is 0 Å². The Hall–Kier alpha value is -2.24. The van der Waals surface area contributed by atoms with Gasteiger partial charge in [-0.3, -0.25) is 9.48 Å². The maximum absolute atomic E-state index is 13.7. The van der Waals surface area contributed by atoms with Crippen LogP contribution in [0.3, 0.4) is 0 Å². The standard InChI is InChI=1S/C13H12F2N2O2/c1-8-11(7-16-17(8)5-4-13(18)19)10-3-2-9(14)6-12(10)15/h2-3,6-7H,4-5H2,1H3,(H,18,19). The Morgan fingerprint density at radius 3 is 2.74 bits per heavy atom. The molecule has 0 radical (unpaired) electrons. The molecule has 0 saturated heterocycles. The molecule has 0 aliphatic rings. The zero-order chi connectivity index (χ0) is 14.0. The zero-order valence-electron chi connectivity index (χ0n) is 10.2. The molecule has 0 saturated carbocycles. The molecule has 100 valence electrons. The number of carbonyl (C=O) groups is 1. The van der Waals surface area contributed by atoms with Gasteiger partial charge in [-0.15, -0.1) is 0 Å². The highest BCUT2D eigenvalue weighted by molar-refractivity contribution is 5.67. The summed E-state index contributed by atoms with van der Waals surface area (Å²) in [5.74, 6) is -2.23. The van der Waals surface area contributed by atoms with Crippen LogP contribution in [0.4, 0.5) is 8.78 Å². The van der Waals surface area contributed by atoms with Crippen LogP contribution in [0, 0.1) is 18.6 Å². The van der Waals surface area contributed by atoms with Crippen LogP contribution in [0.1, 0.15) is 12.1 Å². The number of carboxylic acid groups (broad SMARTS) is 1. The molecule has 1 aromatic heterocycles. The first-order valence-corrected chi connectivity index (χ1v) is 5.68. The molecule has 1 N–H and O–H groups in total. The molecule has 19 heavy (non-hydrogen) atoms. The molecule has 0 atom stereocenters. The van der Waals surface area contributed by atoms with Crippen LogP contribution in [0.2, 0.25) is 0 Å². The number of nitrogens with zero attached hydrogens (tertiary/aromatic N) is 2. The summed E-state index contributed by atoms with van der Waals surface area (Å²) in [7, 11) is 0. The number of hydrogen-bond donors (Lipinski definition) is 1. The van der Waals surface area contributed by atoms with Crippen LogP contribution in [0.5, 0.6) is 0 Å². The molecule has 1 aromatic carbocycles. The summed E-state index contributed by atoms with van der Waals surface area (Å²) < 4.78 is 28.0. The Morgan fingerprint density at radius 2 is 2.11 bits per heavy atom. The smallest absolute Gasteiger partial charge is 0.305 e. The minimum atomic E-state index is -0.926. The van der Waals surface area contributed by atoms with Gasteiger partial charge in [-0.1, -0.05) is 0 Å². The highest BCUT2D eigenvalue weighted by atomic mass is 19.1. The van der Waals surface area contributed by atoms with E-state index in [4.69, 9.17) is 5.11 Å². The third-order valence-corrected chi connectivity index (χ3v) is 2.86. The van der Waals surface area contributed by atoms with E-state index in [0.29, 0.717) is 11.3 Å². The SMILES string of the molecule is Cc1c(-c2ccc(F)cc2F)cnn1CCC(=O)O. The lowest BCUT2D eigenvalue weighted by atomic mass is 10.1. The molecule has 2 rings (SSSR count). The van der Waals surface area contributed by atoms with Crippen molar-refractivity contribution in [1.82, 2.24) is 9.78 Å². The number of benzene rings is 1. The van der Waals surface area contributed by atoms with Gasteiger partial charge >= 0.3 is 5.97 Å². The van der Waals surface area contributed by atoms with Gasteiger partial charge in [0, 0.05) is 22.9 Å². The average Bonchev–Trinajstić information content (AvgIpc) is 2.68. The predicted molar refractivity (Wildman–Crippen MR) is 64.6 cm³/mol. The van der Waals surface area contributed by atoms with Crippen molar-refractivity contribution in [2.75, 3.05) is 0 Å². The number of halogens is 2. The first kappa shape index (κ1) is 13.2. The second-order valence-electron chi connectivity index (χ2n) is 4.13. The van der Waals surface area contributed by atoms with Crippen molar-refractivity contribution in [3.05, 3.63) is 41.7 Å². The van der Waals surface area contributed by atoms with Gasteiger partial charge in [-0.05, 0) is 19.1 Å². The molecule has 0 unspecified atom stereocenters. The monoisotopic (exact) mass is 266 g/mol. The van der Waals surface area contributed by atoms with E-state index in [2.05, 4.69) is 5.10 Å². The van der Waals surface area contributed by atoms with Crippen LogP contribution in [-0.2, 0) is 11.3 Å². The summed E-state index contributed by atoms with van der Waals surface area (Å²) in [5.41, 5.74) is 1.43. The number of aromatic nitrogens is 2. The fraction of sp³-hybridized carbons (Fsp3) is 0.231. The first-order chi connectivity index (χ1) is 8.99.